The number of halogens is 2. The first kappa shape index (κ1) is 18.4. The van der Waals surface area contributed by atoms with Crippen LogP contribution in [0.2, 0.25) is 0 Å². The number of nitrogens with zero attached hydrogens (tertiary/aromatic N) is 6. The first-order valence-electron chi connectivity index (χ1n) is 8.61. The summed E-state index contributed by atoms with van der Waals surface area (Å²) in [5, 5.41) is 17.9. The number of carbonyl (C=O) groups is 1. The molecule has 1 N–H and O–H groups in total. The zero-order valence-corrected chi connectivity index (χ0v) is 15.3. The average molecular weight is 395 g/mol. The summed E-state index contributed by atoms with van der Waals surface area (Å²) < 4.78 is 30.0. The molecule has 0 unspecified atom stereocenters. The Morgan fingerprint density at radius 3 is 2.59 bits per heavy atom. The van der Waals surface area contributed by atoms with Gasteiger partial charge in [-0.3, -0.25) is 9.48 Å². The molecule has 0 aliphatic rings. The van der Waals surface area contributed by atoms with E-state index in [0.717, 1.165) is 23.4 Å². The molecule has 0 saturated heterocycles. The summed E-state index contributed by atoms with van der Waals surface area (Å²) in [5.41, 5.74) is 2.02. The summed E-state index contributed by atoms with van der Waals surface area (Å²) in [6.07, 6.45) is 1.62. The number of aromatic nitrogens is 6. The molecule has 0 aliphatic heterocycles. The minimum Gasteiger partial charge on any atom is -0.311 e. The zero-order chi connectivity index (χ0) is 20.4. The number of aryl methyl sites for hydroxylation is 1. The minimum atomic E-state index is -0.719. The minimum absolute atomic E-state index is 0.140. The van der Waals surface area contributed by atoms with Gasteiger partial charge < -0.3 is 5.32 Å². The van der Waals surface area contributed by atoms with E-state index >= 15 is 0 Å². The van der Waals surface area contributed by atoms with Crippen LogP contribution in [-0.4, -0.2) is 35.9 Å². The normalized spacial score (nSPS) is 10.9. The van der Waals surface area contributed by atoms with Gasteiger partial charge in [0, 0.05) is 24.7 Å². The summed E-state index contributed by atoms with van der Waals surface area (Å²) in [4.78, 5) is 12.4. The van der Waals surface area contributed by atoms with Crippen LogP contribution < -0.4 is 5.32 Å². The summed E-state index contributed by atoms with van der Waals surface area (Å²) in [5.74, 6) is -1.24. The van der Waals surface area contributed by atoms with Crippen molar-refractivity contribution in [2.75, 3.05) is 5.32 Å². The number of amides is 1. The van der Waals surface area contributed by atoms with E-state index in [-0.39, 0.29) is 17.9 Å². The maximum absolute atomic E-state index is 14.0. The van der Waals surface area contributed by atoms with E-state index in [1.165, 1.54) is 27.8 Å². The summed E-state index contributed by atoms with van der Waals surface area (Å²) in [7, 11) is 1.63. The Bertz CT molecular complexity index is 1150. The molecule has 29 heavy (non-hydrogen) atoms. The largest absolute Gasteiger partial charge is 0.311 e. The van der Waals surface area contributed by atoms with Crippen LogP contribution in [0.25, 0.3) is 16.9 Å². The summed E-state index contributed by atoms with van der Waals surface area (Å²) in [6.45, 7) is 0. The number of anilines is 1. The number of carbonyl (C=O) groups excluding carboxylic acids is 1. The molecule has 2 aromatic carbocycles. The molecule has 0 radical (unpaired) electrons. The number of hydrogen-bond donors (Lipinski definition) is 1. The highest BCUT2D eigenvalue weighted by Crippen LogP contribution is 2.25. The van der Waals surface area contributed by atoms with Crippen LogP contribution in [0.15, 0.2) is 54.9 Å². The van der Waals surface area contributed by atoms with Crippen molar-refractivity contribution in [3.63, 3.8) is 0 Å². The Hall–Kier alpha value is -3.95. The van der Waals surface area contributed by atoms with Crippen molar-refractivity contribution in [2.45, 2.75) is 6.42 Å². The van der Waals surface area contributed by atoms with Gasteiger partial charge in [0.2, 0.25) is 5.91 Å². The van der Waals surface area contributed by atoms with E-state index in [4.69, 9.17) is 0 Å². The van der Waals surface area contributed by atoms with Crippen LogP contribution in [0.3, 0.4) is 0 Å². The van der Waals surface area contributed by atoms with E-state index < -0.39 is 11.6 Å². The third kappa shape index (κ3) is 4.00. The van der Waals surface area contributed by atoms with Crippen LogP contribution in [0.5, 0.6) is 0 Å². The molecule has 2 heterocycles. The highest BCUT2D eigenvalue weighted by Gasteiger charge is 2.14. The Kier molecular flexibility index (Phi) is 4.82. The van der Waals surface area contributed by atoms with E-state index in [1.807, 2.05) is 0 Å². The van der Waals surface area contributed by atoms with Crippen LogP contribution in [0, 0.1) is 11.6 Å². The maximum Gasteiger partial charge on any atom is 0.229 e. The molecule has 0 aliphatic carbocycles. The molecule has 0 spiro atoms. The van der Waals surface area contributed by atoms with Gasteiger partial charge in [-0.1, -0.05) is 12.1 Å². The van der Waals surface area contributed by atoms with Crippen molar-refractivity contribution in [2.24, 2.45) is 7.05 Å². The Labute approximate surface area is 163 Å². The SMILES string of the molecule is Cn1nc(-c2ccc(F)cc2F)cc1NC(=O)Cc1ccc(-n2cnnn2)cc1. The molecule has 10 heteroatoms. The number of hydrogen-bond acceptors (Lipinski definition) is 5. The lowest BCUT2D eigenvalue weighted by Gasteiger charge is -2.06. The standard InChI is InChI=1S/C19H15F2N7O/c1-27-18(10-17(24-27)15-7-4-13(20)9-16(15)21)23-19(29)8-12-2-5-14(6-3-12)28-11-22-25-26-28/h2-7,9-11H,8H2,1H3,(H,23,29). The zero-order valence-electron chi connectivity index (χ0n) is 15.3. The van der Waals surface area contributed by atoms with Crippen molar-refractivity contribution >= 4 is 11.7 Å². The average Bonchev–Trinajstić information content (AvgIpc) is 3.33. The molecule has 0 atom stereocenters. The molecule has 2 aromatic heterocycles. The van der Waals surface area contributed by atoms with Gasteiger partial charge in [0.05, 0.1) is 17.8 Å². The lowest BCUT2D eigenvalue weighted by atomic mass is 10.1. The second-order valence-electron chi connectivity index (χ2n) is 6.31. The van der Waals surface area contributed by atoms with Gasteiger partial charge in [0.25, 0.3) is 0 Å². The lowest BCUT2D eigenvalue weighted by molar-refractivity contribution is -0.115. The van der Waals surface area contributed by atoms with Gasteiger partial charge in [-0.05, 0) is 40.3 Å². The lowest BCUT2D eigenvalue weighted by Crippen LogP contribution is -2.16. The molecule has 8 nitrogen and oxygen atoms in total. The van der Waals surface area contributed by atoms with Gasteiger partial charge in [0.15, 0.2) is 0 Å². The van der Waals surface area contributed by atoms with Crippen LogP contribution >= 0.6 is 0 Å². The maximum atomic E-state index is 14.0. The van der Waals surface area contributed by atoms with Gasteiger partial charge >= 0.3 is 0 Å². The molecular formula is C19H15F2N7O. The first-order chi connectivity index (χ1) is 14.0. The predicted molar refractivity (Wildman–Crippen MR) is 100 cm³/mol. The van der Waals surface area contributed by atoms with Crippen molar-refractivity contribution in [3.05, 3.63) is 72.1 Å². The first-order valence-corrected chi connectivity index (χ1v) is 8.61. The second kappa shape index (κ2) is 7.58. The number of benzene rings is 2. The molecule has 4 aromatic rings. The molecule has 0 bridgehead atoms. The van der Waals surface area contributed by atoms with Gasteiger partial charge in [0.1, 0.15) is 23.8 Å². The van der Waals surface area contributed by atoms with Gasteiger partial charge in [-0.15, -0.1) is 5.10 Å². The van der Waals surface area contributed by atoms with Crippen LogP contribution in [0.1, 0.15) is 5.56 Å². The van der Waals surface area contributed by atoms with Crippen molar-refractivity contribution < 1.29 is 13.6 Å². The van der Waals surface area contributed by atoms with E-state index in [0.29, 0.717) is 11.5 Å². The van der Waals surface area contributed by atoms with Gasteiger partial charge in [-0.25, -0.2) is 13.5 Å². The molecular weight excluding hydrogens is 380 g/mol. The Morgan fingerprint density at radius 1 is 1.10 bits per heavy atom. The second-order valence-corrected chi connectivity index (χ2v) is 6.31. The third-order valence-corrected chi connectivity index (χ3v) is 4.27. The van der Waals surface area contributed by atoms with E-state index in [2.05, 4.69) is 25.9 Å². The fourth-order valence-corrected chi connectivity index (χ4v) is 2.83. The van der Waals surface area contributed by atoms with E-state index in [1.54, 1.807) is 31.3 Å². The third-order valence-electron chi connectivity index (χ3n) is 4.27. The fourth-order valence-electron chi connectivity index (χ4n) is 2.83. The van der Waals surface area contributed by atoms with Crippen molar-refractivity contribution in [1.82, 2.24) is 30.0 Å². The molecule has 146 valence electrons. The highest BCUT2D eigenvalue weighted by molar-refractivity contribution is 5.92. The Balaban J connectivity index is 1.45. The summed E-state index contributed by atoms with van der Waals surface area (Å²) >= 11 is 0. The van der Waals surface area contributed by atoms with E-state index in [9.17, 15) is 13.6 Å². The molecule has 0 saturated carbocycles. The topological polar surface area (TPSA) is 90.5 Å². The Morgan fingerprint density at radius 2 is 1.90 bits per heavy atom. The quantitative estimate of drug-likeness (QED) is 0.561. The van der Waals surface area contributed by atoms with Crippen LogP contribution in [-0.2, 0) is 18.3 Å². The van der Waals surface area contributed by atoms with Gasteiger partial charge in [-0.2, -0.15) is 5.10 Å². The molecule has 4 rings (SSSR count). The monoisotopic (exact) mass is 395 g/mol. The number of rotatable bonds is 5. The summed E-state index contributed by atoms with van der Waals surface area (Å²) in [6, 6.07) is 12.0. The smallest absolute Gasteiger partial charge is 0.229 e. The molecule has 1 amide bonds. The predicted octanol–water partition coefficient (Wildman–Crippen LogP) is 2.52. The fraction of sp³-hybridized carbons (Fsp3) is 0.105. The molecule has 0 fully saturated rings. The number of tetrazole rings is 1. The number of nitrogens with one attached hydrogen (secondary N) is 1. The van der Waals surface area contributed by atoms with Crippen molar-refractivity contribution in [3.8, 4) is 16.9 Å². The van der Waals surface area contributed by atoms with Crippen LogP contribution in [0.4, 0.5) is 14.6 Å². The van der Waals surface area contributed by atoms with Crippen molar-refractivity contribution in [1.29, 1.82) is 0 Å². The highest BCUT2D eigenvalue weighted by atomic mass is 19.1.